The summed E-state index contributed by atoms with van der Waals surface area (Å²) >= 11 is 0.884. The van der Waals surface area contributed by atoms with Crippen LogP contribution in [0, 0.1) is 5.92 Å². The molecule has 2 atom stereocenters. The number of aryl methyl sites for hydroxylation is 1. The number of thiazole rings is 1. The van der Waals surface area contributed by atoms with Gasteiger partial charge in [-0.25, -0.2) is 24.2 Å². The van der Waals surface area contributed by atoms with E-state index in [1.165, 1.54) is 19.2 Å². The number of carbonyl (C=O) groups excluding carboxylic acids is 6. The Morgan fingerprint density at radius 1 is 0.880 bits per heavy atom. The first-order chi connectivity index (χ1) is 34.4. The summed E-state index contributed by atoms with van der Waals surface area (Å²) in [6.07, 6.45) is 1.24. The molecule has 2 unspecified atom stereocenters. The predicted molar refractivity (Wildman–Crippen MR) is 270 cm³/mol. The smallest absolute Gasteiger partial charge is 0.418 e. The van der Waals surface area contributed by atoms with Gasteiger partial charge in [-0.2, -0.15) is 18.2 Å². The third-order valence-electron chi connectivity index (χ3n) is 10.4. The summed E-state index contributed by atoms with van der Waals surface area (Å²) in [5.41, 5.74) is -3.71. The van der Waals surface area contributed by atoms with Gasteiger partial charge in [-0.15, -0.1) is 20.3 Å². The van der Waals surface area contributed by atoms with Crippen molar-refractivity contribution in [2.45, 2.75) is 157 Å². The Kier molecular flexibility index (Phi) is 18.3. The molecule has 2 aromatic heterocycles. The van der Waals surface area contributed by atoms with Gasteiger partial charge in [-0.1, -0.05) is 17.3 Å². The van der Waals surface area contributed by atoms with Crippen molar-refractivity contribution in [2.75, 3.05) is 31.6 Å². The SMILES string of the molecule is CC(C)(C)OC(=O)NCCCn1cc(-c2ccc(OCC(O/N=C(\C(=O)NC3C(=O)N(OS(=O)(=O)O)C3(C)C)c3csc(NC(=O)OC(C)(C)C)n3)C(=O)OC(C)(C)C)cc2)c[n+]1CC1CN(C(=O)OC(C)(C)C)C1. The van der Waals surface area contributed by atoms with E-state index in [4.69, 9.17) is 28.5 Å². The predicted octanol–water partition coefficient (Wildman–Crippen LogP) is 5.38. The second kappa shape index (κ2) is 23.1. The van der Waals surface area contributed by atoms with Gasteiger partial charge in [-0.3, -0.25) is 19.5 Å². The number of anilines is 1. The van der Waals surface area contributed by atoms with Crippen molar-refractivity contribution < 1.29 is 79.2 Å². The maximum absolute atomic E-state index is 14.0. The van der Waals surface area contributed by atoms with Crippen molar-refractivity contribution in [3.8, 4) is 16.9 Å². The Bertz CT molecular complexity index is 2710. The molecule has 5 amide bonds. The molecule has 0 bridgehead atoms. The van der Waals surface area contributed by atoms with Gasteiger partial charge < -0.3 is 44.1 Å². The van der Waals surface area contributed by atoms with Gasteiger partial charge in [-0.05, 0) is 121 Å². The van der Waals surface area contributed by atoms with E-state index < -0.39 is 92.8 Å². The Hall–Kier alpha value is -6.58. The van der Waals surface area contributed by atoms with E-state index in [1.54, 1.807) is 79.3 Å². The molecule has 2 aliphatic rings. The van der Waals surface area contributed by atoms with Crippen LogP contribution in [0.4, 0.5) is 19.5 Å². The molecular formula is C48H70N9O16S2+. The molecule has 414 valence electrons. The lowest BCUT2D eigenvalue weighted by atomic mass is 9.84. The van der Waals surface area contributed by atoms with Crippen molar-refractivity contribution >= 4 is 68.6 Å². The average molecular weight is 1090 g/mol. The lowest BCUT2D eigenvalue weighted by molar-refractivity contribution is -0.781. The number of β-lactam (4-membered cyclic amide) rings is 1. The highest BCUT2D eigenvalue weighted by atomic mass is 32.3. The standard InChI is InChI=1S/C48H69N9O16S2/c1-44(2,3)68-39(60)34(72-53-35(33-28-74-40(50-33)52-42(62)70-46(7,8)9)37(58)51-36-38(59)57(48(36,13)14)73-75(64,65)66)27-67-32-18-16-30(17-19-32)31-25-55(21-15-20-49-41(61)69-45(4,5)6)56(26-31)24-29-22-54(23-29)43(63)71-47(10,11)12/h16-19,25-26,28-29,34,36H,15,20-24,27H2,1-14H3,(H3-,49,50,51,52,58,61,62,64,65,66)/p+1/b53-35-. The zero-order valence-corrected chi connectivity index (χ0v) is 46.4. The molecule has 0 saturated carbocycles. The minimum Gasteiger partial charge on any atom is -0.489 e. The number of nitrogens with one attached hydrogen (secondary N) is 3. The number of alkyl carbamates (subject to hydrolysis) is 1. The van der Waals surface area contributed by atoms with E-state index in [1.807, 2.05) is 50.0 Å². The zero-order chi connectivity index (χ0) is 56.1. The molecule has 0 aliphatic carbocycles. The lowest BCUT2D eigenvalue weighted by Gasteiger charge is -2.50. The van der Waals surface area contributed by atoms with Crippen LogP contribution in [0.2, 0.25) is 0 Å². The summed E-state index contributed by atoms with van der Waals surface area (Å²) in [5, 5.41) is 13.4. The molecule has 2 fully saturated rings. The average Bonchev–Trinajstić information content (AvgIpc) is 3.86. The fourth-order valence-corrected chi connectivity index (χ4v) is 8.30. The van der Waals surface area contributed by atoms with Crippen LogP contribution in [0.15, 0.2) is 47.2 Å². The Balaban J connectivity index is 1.36. The molecule has 1 aromatic carbocycles. The van der Waals surface area contributed by atoms with Crippen LogP contribution in [-0.4, -0.2) is 141 Å². The van der Waals surface area contributed by atoms with Gasteiger partial charge in [0, 0.05) is 25.0 Å². The first kappa shape index (κ1) is 59.3. The summed E-state index contributed by atoms with van der Waals surface area (Å²) in [7, 11) is -5.11. The van der Waals surface area contributed by atoms with Gasteiger partial charge >= 0.3 is 34.6 Å². The number of benzene rings is 1. The van der Waals surface area contributed by atoms with E-state index in [0.29, 0.717) is 50.0 Å². The fraction of sp³-hybridized carbons (Fsp3) is 0.604. The van der Waals surface area contributed by atoms with Crippen LogP contribution >= 0.6 is 11.3 Å². The van der Waals surface area contributed by atoms with Gasteiger partial charge in [0.05, 0.1) is 29.8 Å². The number of esters is 1. The fourth-order valence-electron chi connectivity index (χ4n) is 7.17. The van der Waals surface area contributed by atoms with E-state index in [0.717, 1.165) is 22.5 Å². The van der Waals surface area contributed by atoms with Crippen molar-refractivity contribution in [3.05, 3.63) is 47.7 Å². The number of hydroxylamine groups is 2. The molecule has 5 rings (SSSR count). The maximum atomic E-state index is 14.0. The van der Waals surface area contributed by atoms with E-state index in [-0.39, 0.29) is 22.8 Å². The maximum Gasteiger partial charge on any atom is 0.418 e. The van der Waals surface area contributed by atoms with Crippen molar-refractivity contribution in [3.63, 3.8) is 0 Å². The largest absolute Gasteiger partial charge is 0.489 e. The van der Waals surface area contributed by atoms with Gasteiger partial charge in [0.15, 0.2) is 17.4 Å². The first-order valence-electron chi connectivity index (χ1n) is 24.0. The third kappa shape index (κ3) is 18.1. The van der Waals surface area contributed by atoms with Crippen LogP contribution in [-0.2, 0) is 65.9 Å². The highest BCUT2D eigenvalue weighted by Gasteiger charge is 2.58. The summed E-state index contributed by atoms with van der Waals surface area (Å²) in [5.74, 6) is -2.56. The van der Waals surface area contributed by atoms with Crippen LogP contribution in [0.25, 0.3) is 11.1 Å². The lowest BCUT2D eigenvalue weighted by Crippen LogP contribution is -2.76. The minimum atomic E-state index is -5.11. The summed E-state index contributed by atoms with van der Waals surface area (Å²) in [6.45, 7) is 25.5. The molecule has 4 heterocycles. The number of hydrogen-bond donors (Lipinski definition) is 4. The Morgan fingerprint density at radius 2 is 1.48 bits per heavy atom. The molecule has 75 heavy (non-hydrogen) atoms. The molecule has 2 saturated heterocycles. The zero-order valence-electron chi connectivity index (χ0n) is 44.8. The minimum absolute atomic E-state index is 0.0213. The molecule has 25 nitrogen and oxygen atoms in total. The number of amides is 5. The number of carbonyl (C=O) groups is 6. The molecule has 2 aliphatic heterocycles. The topological polar surface area (TPSA) is 298 Å². The number of oxime groups is 1. The summed E-state index contributed by atoms with van der Waals surface area (Å²) in [6, 6.07) is 5.58. The quantitative estimate of drug-likeness (QED) is 0.0171. The van der Waals surface area contributed by atoms with Gasteiger partial charge in [0.1, 0.15) is 46.5 Å². The molecule has 27 heteroatoms. The van der Waals surface area contributed by atoms with Crippen molar-refractivity contribution in [1.82, 2.24) is 30.3 Å². The molecule has 4 N–H and O–H groups in total. The third-order valence-corrected chi connectivity index (χ3v) is 11.5. The van der Waals surface area contributed by atoms with Gasteiger partial charge in [0.25, 0.3) is 17.9 Å². The second-order valence-electron chi connectivity index (χ2n) is 22.3. The highest BCUT2D eigenvalue weighted by Crippen LogP contribution is 2.33. The molecule has 3 aromatic rings. The van der Waals surface area contributed by atoms with Crippen molar-refractivity contribution in [2.24, 2.45) is 11.1 Å². The molecular weight excluding hydrogens is 1020 g/mol. The van der Waals surface area contributed by atoms with E-state index in [2.05, 4.69) is 35.1 Å². The highest BCUT2D eigenvalue weighted by molar-refractivity contribution is 7.80. The number of aromatic nitrogens is 3. The summed E-state index contributed by atoms with van der Waals surface area (Å²) in [4.78, 5) is 89.8. The van der Waals surface area contributed by atoms with Crippen LogP contribution < -0.4 is 25.4 Å². The number of ether oxygens (including phenoxy) is 5. The first-order valence-corrected chi connectivity index (χ1v) is 26.2. The Labute approximate surface area is 440 Å². The van der Waals surface area contributed by atoms with Crippen LogP contribution in [0.5, 0.6) is 5.75 Å². The summed E-state index contributed by atoms with van der Waals surface area (Å²) < 4.78 is 68.4. The normalized spacial score (nSPS) is 16.7. The molecule has 0 radical (unpaired) electrons. The van der Waals surface area contributed by atoms with Crippen molar-refractivity contribution in [1.29, 1.82) is 0 Å². The molecule has 0 spiro atoms. The Morgan fingerprint density at radius 3 is 2.05 bits per heavy atom. The van der Waals surface area contributed by atoms with E-state index in [9.17, 15) is 41.7 Å². The number of likely N-dealkylation sites (tertiary alicyclic amines) is 1. The monoisotopic (exact) mass is 1090 g/mol. The second-order valence-corrected chi connectivity index (χ2v) is 24.2. The van der Waals surface area contributed by atoms with E-state index >= 15 is 0 Å². The number of rotatable bonds is 19. The van der Waals surface area contributed by atoms with Gasteiger partial charge in [0.2, 0.25) is 6.20 Å². The number of nitrogens with zero attached hydrogens (tertiary/aromatic N) is 6. The van der Waals surface area contributed by atoms with Crippen LogP contribution in [0.3, 0.4) is 0 Å². The van der Waals surface area contributed by atoms with Crippen LogP contribution in [0.1, 0.15) is 109 Å². The number of hydrogen-bond acceptors (Lipinski definition) is 18.